The topological polar surface area (TPSA) is 27.1 Å². The van der Waals surface area contributed by atoms with E-state index in [2.05, 4.69) is 11.8 Å². The summed E-state index contributed by atoms with van der Waals surface area (Å²) in [5, 5.41) is 8.24. The Morgan fingerprint density at radius 3 is 2.36 bits per heavy atom. The van der Waals surface area contributed by atoms with Gasteiger partial charge in [0.05, 0.1) is 5.84 Å². The zero-order chi connectivity index (χ0) is 9.97. The van der Waals surface area contributed by atoms with Gasteiger partial charge in [0, 0.05) is 18.5 Å². The quantitative estimate of drug-likeness (QED) is 0.504. The number of likely N-dealkylation sites (tertiary alicyclic amines) is 1. The molecule has 1 heterocycles. The summed E-state index contributed by atoms with van der Waals surface area (Å²) < 4.78 is 0. The number of hydrogen-bond donors (Lipinski definition) is 1. The zero-order valence-corrected chi connectivity index (χ0v) is 9.26. The van der Waals surface area contributed by atoms with E-state index in [0.717, 1.165) is 12.4 Å². The first-order valence-corrected chi connectivity index (χ1v) is 6.14. The molecule has 1 unspecified atom stereocenters. The Labute approximate surface area is 87.2 Å². The van der Waals surface area contributed by atoms with E-state index in [1.54, 1.807) is 0 Å². The fraction of sp³-hybridized carbons (Fsp3) is 0.917. The zero-order valence-electron chi connectivity index (χ0n) is 9.26. The van der Waals surface area contributed by atoms with E-state index < -0.39 is 0 Å². The van der Waals surface area contributed by atoms with E-state index in [4.69, 9.17) is 5.41 Å². The summed E-state index contributed by atoms with van der Waals surface area (Å²) in [6.07, 6.45) is 9.15. The maximum atomic E-state index is 8.24. The van der Waals surface area contributed by atoms with Crippen LogP contribution in [0.15, 0.2) is 0 Å². The van der Waals surface area contributed by atoms with Crippen LogP contribution in [0.1, 0.15) is 51.9 Å². The highest BCUT2D eigenvalue weighted by molar-refractivity contribution is 5.82. The van der Waals surface area contributed by atoms with Gasteiger partial charge in [0.15, 0.2) is 0 Å². The van der Waals surface area contributed by atoms with Crippen molar-refractivity contribution >= 4 is 5.84 Å². The Morgan fingerprint density at radius 2 is 1.71 bits per heavy atom. The standard InChI is InChI=1S/C12H22N2/c1-10-6-4-5-9-14(10)12(13)11-7-2-3-8-11/h10-11,13H,2-9H2,1H3. The number of rotatable bonds is 1. The van der Waals surface area contributed by atoms with Crippen LogP contribution in [0, 0.1) is 11.3 Å². The van der Waals surface area contributed by atoms with Crippen molar-refractivity contribution in [3.63, 3.8) is 0 Å². The molecule has 0 aromatic heterocycles. The van der Waals surface area contributed by atoms with Crippen molar-refractivity contribution in [1.82, 2.24) is 4.90 Å². The lowest BCUT2D eigenvalue weighted by Crippen LogP contribution is -2.44. The highest BCUT2D eigenvalue weighted by Crippen LogP contribution is 2.29. The SMILES string of the molecule is CC1CCCCN1C(=N)C1CCCC1. The molecule has 1 N–H and O–H groups in total. The number of amidine groups is 1. The molecule has 80 valence electrons. The minimum atomic E-state index is 0.593. The van der Waals surface area contributed by atoms with Gasteiger partial charge < -0.3 is 4.90 Å². The molecule has 0 radical (unpaired) electrons. The van der Waals surface area contributed by atoms with Crippen molar-refractivity contribution in [3.8, 4) is 0 Å². The maximum absolute atomic E-state index is 8.24. The first kappa shape index (κ1) is 10.0. The Balaban J connectivity index is 1.94. The highest BCUT2D eigenvalue weighted by Gasteiger charge is 2.27. The lowest BCUT2D eigenvalue weighted by molar-refractivity contribution is 0.245. The van der Waals surface area contributed by atoms with Gasteiger partial charge in [0.2, 0.25) is 0 Å². The minimum absolute atomic E-state index is 0.593. The molecule has 2 nitrogen and oxygen atoms in total. The molecular formula is C12H22N2. The Morgan fingerprint density at radius 1 is 1.07 bits per heavy atom. The third-order valence-corrected chi connectivity index (χ3v) is 3.85. The third-order valence-electron chi connectivity index (χ3n) is 3.85. The number of piperidine rings is 1. The fourth-order valence-electron chi connectivity index (χ4n) is 2.89. The van der Waals surface area contributed by atoms with Crippen molar-refractivity contribution in [2.75, 3.05) is 6.54 Å². The Kier molecular flexibility index (Phi) is 3.09. The molecule has 1 saturated heterocycles. The summed E-state index contributed by atoms with van der Waals surface area (Å²) in [6, 6.07) is 0.622. The van der Waals surface area contributed by atoms with Gasteiger partial charge in [-0.1, -0.05) is 12.8 Å². The van der Waals surface area contributed by atoms with Crippen LogP contribution in [-0.4, -0.2) is 23.3 Å². The molecule has 0 aromatic carbocycles. The van der Waals surface area contributed by atoms with Crippen LogP contribution in [0.4, 0.5) is 0 Å². The molecule has 2 heteroatoms. The van der Waals surface area contributed by atoms with E-state index in [1.807, 2.05) is 0 Å². The first-order chi connectivity index (χ1) is 6.79. The van der Waals surface area contributed by atoms with Crippen LogP contribution >= 0.6 is 0 Å². The molecule has 1 aliphatic heterocycles. The first-order valence-electron chi connectivity index (χ1n) is 6.14. The van der Waals surface area contributed by atoms with Crippen LogP contribution in [-0.2, 0) is 0 Å². The van der Waals surface area contributed by atoms with Crippen molar-refractivity contribution in [3.05, 3.63) is 0 Å². The molecule has 2 rings (SSSR count). The summed E-state index contributed by atoms with van der Waals surface area (Å²) in [5.41, 5.74) is 0. The molecule has 2 aliphatic rings. The van der Waals surface area contributed by atoms with Gasteiger partial charge >= 0.3 is 0 Å². The fourth-order valence-corrected chi connectivity index (χ4v) is 2.89. The van der Waals surface area contributed by atoms with E-state index in [1.165, 1.54) is 44.9 Å². The van der Waals surface area contributed by atoms with E-state index in [-0.39, 0.29) is 0 Å². The Hall–Kier alpha value is -0.530. The second-order valence-corrected chi connectivity index (χ2v) is 4.90. The van der Waals surface area contributed by atoms with Crippen molar-refractivity contribution in [2.45, 2.75) is 57.9 Å². The molecule has 1 saturated carbocycles. The number of nitrogens with zero attached hydrogens (tertiary/aromatic N) is 1. The molecule has 1 atom stereocenters. The molecule has 0 spiro atoms. The van der Waals surface area contributed by atoms with Crippen LogP contribution in [0.5, 0.6) is 0 Å². The minimum Gasteiger partial charge on any atom is -0.358 e. The molecular weight excluding hydrogens is 172 g/mol. The smallest absolute Gasteiger partial charge is 0.0991 e. The lowest BCUT2D eigenvalue weighted by Gasteiger charge is -2.37. The number of hydrogen-bond acceptors (Lipinski definition) is 1. The summed E-state index contributed by atoms with van der Waals surface area (Å²) in [6.45, 7) is 3.42. The van der Waals surface area contributed by atoms with Crippen molar-refractivity contribution in [1.29, 1.82) is 5.41 Å². The number of nitrogens with one attached hydrogen (secondary N) is 1. The van der Waals surface area contributed by atoms with Gasteiger partial charge in [-0.2, -0.15) is 0 Å². The van der Waals surface area contributed by atoms with Crippen LogP contribution < -0.4 is 0 Å². The molecule has 2 fully saturated rings. The van der Waals surface area contributed by atoms with Crippen LogP contribution in [0.25, 0.3) is 0 Å². The van der Waals surface area contributed by atoms with Crippen LogP contribution in [0.2, 0.25) is 0 Å². The molecule has 14 heavy (non-hydrogen) atoms. The predicted octanol–water partition coefficient (Wildman–Crippen LogP) is 3.03. The monoisotopic (exact) mass is 194 g/mol. The van der Waals surface area contributed by atoms with E-state index in [0.29, 0.717) is 12.0 Å². The second kappa shape index (κ2) is 4.33. The van der Waals surface area contributed by atoms with Gasteiger partial charge in [-0.3, -0.25) is 5.41 Å². The second-order valence-electron chi connectivity index (χ2n) is 4.90. The maximum Gasteiger partial charge on any atom is 0.0991 e. The molecule has 1 aliphatic carbocycles. The highest BCUT2D eigenvalue weighted by atomic mass is 15.2. The van der Waals surface area contributed by atoms with Crippen molar-refractivity contribution in [2.24, 2.45) is 5.92 Å². The lowest BCUT2D eigenvalue weighted by atomic mass is 9.99. The summed E-state index contributed by atoms with van der Waals surface area (Å²) in [5.74, 6) is 1.55. The largest absolute Gasteiger partial charge is 0.358 e. The van der Waals surface area contributed by atoms with Gasteiger partial charge in [0.1, 0.15) is 0 Å². The predicted molar refractivity (Wildman–Crippen MR) is 59.7 cm³/mol. The van der Waals surface area contributed by atoms with Crippen LogP contribution in [0.3, 0.4) is 0 Å². The van der Waals surface area contributed by atoms with E-state index >= 15 is 0 Å². The molecule has 0 amide bonds. The summed E-state index contributed by atoms with van der Waals surface area (Å²) >= 11 is 0. The normalized spacial score (nSPS) is 29.5. The Bertz CT molecular complexity index is 206. The molecule has 0 aromatic rings. The van der Waals surface area contributed by atoms with Gasteiger partial charge in [-0.25, -0.2) is 0 Å². The van der Waals surface area contributed by atoms with E-state index in [9.17, 15) is 0 Å². The average molecular weight is 194 g/mol. The van der Waals surface area contributed by atoms with Gasteiger partial charge in [-0.15, -0.1) is 0 Å². The summed E-state index contributed by atoms with van der Waals surface area (Å²) in [7, 11) is 0. The van der Waals surface area contributed by atoms with Gasteiger partial charge in [-0.05, 0) is 39.0 Å². The third kappa shape index (κ3) is 1.94. The molecule has 0 bridgehead atoms. The average Bonchev–Trinajstić information content (AvgIpc) is 2.70. The van der Waals surface area contributed by atoms with Gasteiger partial charge in [0.25, 0.3) is 0 Å². The summed E-state index contributed by atoms with van der Waals surface area (Å²) in [4.78, 5) is 2.36. The van der Waals surface area contributed by atoms with Crippen molar-refractivity contribution < 1.29 is 0 Å².